The van der Waals surface area contributed by atoms with Gasteiger partial charge in [-0.2, -0.15) is 26.3 Å². The van der Waals surface area contributed by atoms with Gasteiger partial charge in [0.2, 0.25) is 0 Å². The molecular formula is C6H6F6O3. The Morgan fingerprint density at radius 1 is 0.933 bits per heavy atom. The van der Waals surface area contributed by atoms with Crippen LogP contribution in [0.1, 0.15) is 0 Å². The maximum Gasteiger partial charge on any atom is 0.453 e. The van der Waals surface area contributed by atoms with Gasteiger partial charge in [-0.25, -0.2) is 0 Å². The van der Waals surface area contributed by atoms with Crippen molar-refractivity contribution < 1.29 is 40.9 Å². The highest BCUT2D eigenvalue weighted by atomic mass is 19.4. The highest BCUT2D eigenvalue weighted by molar-refractivity contribution is 4.90. The Bertz CT molecular complexity index is 210. The van der Waals surface area contributed by atoms with Crippen molar-refractivity contribution in [2.75, 3.05) is 13.2 Å². The van der Waals surface area contributed by atoms with Crippen LogP contribution in [0, 0.1) is 0 Å². The maximum absolute atomic E-state index is 12.2. The van der Waals surface area contributed by atoms with E-state index in [2.05, 4.69) is 9.47 Å². The van der Waals surface area contributed by atoms with E-state index in [0.717, 1.165) is 0 Å². The number of rotatable bonds is 0. The second-order valence-electron chi connectivity index (χ2n) is 2.89. The largest absolute Gasteiger partial charge is 0.453 e. The summed E-state index contributed by atoms with van der Waals surface area (Å²) in [4.78, 5) is 0. The summed E-state index contributed by atoms with van der Waals surface area (Å²) in [6.07, 6.45) is -13.0. The SMILES string of the molecule is OC1COC(C(F)(F)F)(C(F)(F)F)OC1. The standard InChI is InChI=1S/C6H6F6O3/c7-5(8,9)4(6(10,11)12)14-1-3(13)2-15-4/h3,13H,1-2H2. The number of ether oxygens (including phenoxy) is 2. The van der Waals surface area contributed by atoms with Crippen LogP contribution < -0.4 is 0 Å². The van der Waals surface area contributed by atoms with Crippen molar-refractivity contribution in [2.45, 2.75) is 24.2 Å². The molecule has 0 aliphatic carbocycles. The molecule has 1 aliphatic rings. The fourth-order valence-corrected chi connectivity index (χ4v) is 1.00. The second-order valence-corrected chi connectivity index (χ2v) is 2.89. The molecule has 3 nitrogen and oxygen atoms in total. The molecule has 90 valence electrons. The van der Waals surface area contributed by atoms with Gasteiger partial charge in [-0.05, 0) is 0 Å². The van der Waals surface area contributed by atoms with E-state index >= 15 is 0 Å². The quantitative estimate of drug-likeness (QED) is 0.647. The number of aliphatic hydroxyl groups excluding tert-OH is 1. The van der Waals surface area contributed by atoms with Gasteiger partial charge in [0.05, 0.1) is 13.2 Å². The normalized spacial score (nSPS) is 24.2. The smallest absolute Gasteiger partial charge is 0.388 e. The molecule has 0 saturated carbocycles. The monoisotopic (exact) mass is 240 g/mol. The maximum atomic E-state index is 12.2. The molecule has 0 radical (unpaired) electrons. The Kier molecular flexibility index (Phi) is 2.92. The third kappa shape index (κ3) is 2.04. The molecule has 0 atom stereocenters. The van der Waals surface area contributed by atoms with Gasteiger partial charge in [0.1, 0.15) is 6.10 Å². The molecule has 0 amide bonds. The summed E-state index contributed by atoms with van der Waals surface area (Å²) in [5.41, 5.74) is 0. The lowest BCUT2D eigenvalue weighted by atomic mass is 10.2. The number of alkyl halides is 6. The lowest BCUT2D eigenvalue weighted by molar-refractivity contribution is -0.486. The molecule has 1 rings (SSSR count). The second kappa shape index (κ2) is 3.49. The topological polar surface area (TPSA) is 38.7 Å². The molecule has 0 aromatic heterocycles. The van der Waals surface area contributed by atoms with Crippen LogP contribution in [0.25, 0.3) is 0 Å². The van der Waals surface area contributed by atoms with Crippen LogP contribution in [0.3, 0.4) is 0 Å². The molecule has 1 fully saturated rings. The fourth-order valence-electron chi connectivity index (χ4n) is 1.00. The third-order valence-electron chi connectivity index (χ3n) is 1.70. The molecule has 0 aromatic rings. The van der Waals surface area contributed by atoms with Crippen molar-refractivity contribution in [1.82, 2.24) is 0 Å². The Morgan fingerprint density at radius 3 is 1.53 bits per heavy atom. The lowest BCUT2D eigenvalue weighted by Crippen LogP contribution is -2.64. The van der Waals surface area contributed by atoms with Crippen molar-refractivity contribution in [1.29, 1.82) is 0 Å². The Hall–Kier alpha value is -0.540. The molecule has 1 heterocycles. The van der Waals surface area contributed by atoms with E-state index in [1.165, 1.54) is 0 Å². The molecule has 0 unspecified atom stereocenters. The van der Waals surface area contributed by atoms with Crippen LogP contribution in [0.4, 0.5) is 26.3 Å². The van der Waals surface area contributed by atoms with Crippen LogP contribution in [0.15, 0.2) is 0 Å². The zero-order valence-electron chi connectivity index (χ0n) is 7.02. The van der Waals surface area contributed by atoms with E-state index in [9.17, 15) is 26.3 Å². The molecule has 0 bridgehead atoms. The summed E-state index contributed by atoms with van der Waals surface area (Å²) in [6.45, 7) is -2.17. The van der Waals surface area contributed by atoms with Gasteiger partial charge < -0.3 is 14.6 Å². The summed E-state index contributed by atoms with van der Waals surface area (Å²) in [7, 11) is 0. The molecule has 0 spiro atoms. The molecule has 15 heavy (non-hydrogen) atoms. The predicted octanol–water partition coefficient (Wildman–Crippen LogP) is 1.22. The van der Waals surface area contributed by atoms with E-state index in [4.69, 9.17) is 5.11 Å². The molecule has 1 aliphatic heterocycles. The third-order valence-corrected chi connectivity index (χ3v) is 1.70. The number of hydrogen-bond donors (Lipinski definition) is 1. The van der Waals surface area contributed by atoms with Gasteiger partial charge in [-0.1, -0.05) is 0 Å². The summed E-state index contributed by atoms with van der Waals surface area (Å²) >= 11 is 0. The first-order valence-electron chi connectivity index (χ1n) is 3.69. The summed E-state index contributed by atoms with van der Waals surface area (Å²) in [5.74, 6) is -4.63. The molecule has 0 aromatic carbocycles. The minimum absolute atomic E-state index is 1.08. The van der Waals surface area contributed by atoms with Crippen molar-refractivity contribution in [3.8, 4) is 0 Å². The van der Waals surface area contributed by atoms with Crippen LogP contribution in [-0.2, 0) is 9.47 Å². The molecular weight excluding hydrogens is 234 g/mol. The van der Waals surface area contributed by atoms with E-state index < -0.39 is 37.5 Å². The van der Waals surface area contributed by atoms with E-state index in [1.54, 1.807) is 0 Å². The van der Waals surface area contributed by atoms with E-state index in [-0.39, 0.29) is 0 Å². The molecule has 9 heteroatoms. The lowest BCUT2D eigenvalue weighted by Gasteiger charge is -2.40. The minimum atomic E-state index is -5.74. The fraction of sp³-hybridized carbons (Fsp3) is 1.00. The van der Waals surface area contributed by atoms with Gasteiger partial charge in [0.25, 0.3) is 0 Å². The Labute approximate surface area is 79.6 Å². The first kappa shape index (κ1) is 12.5. The predicted molar refractivity (Wildman–Crippen MR) is 32.8 cm³/mol. The molecule has 1 saturated heterocycles. The van der Waals surface area contributed by atoms with E-state index in [1.807, 2.05) is 0 Å². The van der Waals surface area contributed by atoms with Gasteiger partial charge >= 0.3 is 18.1 Å². The van der Waals surface area contributed by atoms with Crippen LogP contribution in [0.2, 0.25) is 0 Å². The summed E-state index contributed by atoms with van der Waals surface area (Å²) in [6, 6.07) is 0. The highest BCUT2D eigenvalue weighted by Crippen LogP contribution is 2.47. The minimum Gasteiger partial charge on any atom is -0.388 e. The van der Waals surface area contributed by atoms with Crippen molar-refractivity contribution in [3.05, 3.63) is 0 Å². The zero-order chi connectivity index (χ0) is 11.9. The van der Waals surface area contributed by atoms with Crippen LogP contribution in [0.5, 0.6) is 0 Å². The number of hydrogen-bond acceptors (Lipinski definition) is 3. The first-order chi connectivity index (χ1) is 6.60. The van der Waals surface area contributed by atoms with Crippen LogP contribution in [-0.4, -0.2) is 42.6 Å². The number of halogens is 6. The number of aliphatic hydroxyl groups is 1. The average Bonchev–Trinajstić information content (AvgIpc) is 2.00. The van der Waals surface area contributed by atoms with Crippen molar-refractivity contribution >= 4 is 0 Å². The zero-order valence-corrected chi connectivity index (χ0v) is 7.02. The highest BCUT2D eigenvalue weighted by Gasteiger charge is 2.75. The van der Waals surface area contributed by atoms with Crippen LogP contribution >= 0.6 is 0 Å². The Morgan fingerprint density at radius 2 is 1.27 bits per heavy atom. The summed E-state index contributed by atoms with van der Waals surface area (Å²) < 4.78 is 80.2. The summed E-state index contributed by atoms with van der Waals surface area (Å²) in [5, 5.41) is 8.69. The average molecular weight is 240 g/mol. The van der Waals surface area contributed by atoms with Gasteiger partial charge in [0.15, 0.2) is 0 Å². The van der Waals surface area contributed by atoms with Gasteiger partial charge in [-0.3, -0.25) is 0 Å². The molecule has 1 N–H and O–H groups in total. The van der Waals surface area contributed by atoms with Gasteiger partial charge in [-0.15, -0.1) is 0 Å². The van der Waals surface area contributed by atoms with Gasteiger partial charge in [0, 0.05) is 0 Å². The van der Waals surface area contributed by atoms with Crippen molar-refractivity contribution in [3.63, 3.8) is 0 Å². The van der Waals surface area contributed by atoms with Crippen molar-refractivity contribution in [2.24, 2.45) is 0 Å². The van der Waals surface area contributed by atoms with E-state index in [0.29, 0.717) is 0 Å². The Balaban J connectivity index is 2.99. The first-order valence-corrected chi connectivity index (χ1v) is 3.69.